The van der Waals surface area contributed by atoms with Crippen LogP contribution in [0.15, 0.2) is 51.7 Å². The molecule has 0 fully saturated rings. The fourth-order valence-electron chi connectivity index (χ4n) is 3.85. The highest BCUT2D eigenvalue weighted by Crippen LogP contribution is 2.33. The first kappa shape index (κ1) is 24.4. The van der Waals surface area contributed by atoms with Crippen LogP contribution in [0.4, 0.5) is 0 Å². The van der Waals surface area contributed by atoms with E-state index < -0.39 is 0 Å². The fourth-order valence-corrected chi connectivity index (χ4v) is 3.85. The average Bonchev–Trinajstić information content (AvgIpc) is 2.84. The van der Waals surface area contributed by atoms with Crippen LogP contribution >= 0.6 is 0 Å². The number of rotatable bonds is 11. The van der Waals surface area contributed by atoms with Gasteiger partial charge in [0.15, 0.2) is 16.8 Å². The van der Waals surface area contributed by atoms with Crippen molar-refractivity contribution in [2.24, 2.45) is 5.92 Å². The molecule has 3 rings (SSSR count). The van der Waals surface area contributed by atoms with Crippen LogP contribution in [0.5, 0.6) is 11.5 Å². The second kappa shape index (κ2) is 11.5. The van der Waals surface area contributed by atoms with Gasteiger partial charge in [0.05, 0.1) is 14.2 Å². The molecule has 1 atom stereocenters. The van der Waals surface area contributed by atoms with Crippen LogP contribution < -0.4 is 14.9 Å². The Bertz CT molecular complexity index is 1130. The largest absolute Gasteiger partial charge is 0.496 e. The summed E-state index contributed by atoms with van der Waals surface area (Å²) >= 11 is 0. The van der Waals surface area contributed by atoms with Gasteiger partial charge in [-0.2, -0.15) is 0 Å². The maximum atomic E-state index is 12.8. The lowest BCUT2D eigenvalue weighted by molar-refractivity contribution is -0.146. The first-order valence-electron chi connectivity index (χ1n) is 11.4. The SMILES string of the molecule is CCCCC(CC)CC(=O)OCc1ccc(-c2cc(=O)c3c(OC)ccc(OC)c3o2)cc1. The second-order valence-electron chi connectivity index (χ2n) is 8.13. The van der Waals surface area contributed by atoms with Crippen molar-refractivity contribution in [3.8, 4) is 22.8 Å². The Morgan fingerprint density at radius 3 is 2.33 bits per heavy atom. The Kier molecular flexibility index (Phi) is 8.52. The highest BCUT2D eigenvalue weighted by atomic mass is 16.5. The molecule has 2 aromatic carbocycles. The first-order chi connectivity index (χ1) is 16.0. The molecule has 3 aromatic rings. The van der Waals surface area contributed by atoms with Gasteiger partial charge in [0.2, 0.25) is 0 Å². The molecule has 0 saturated carbocycles. The zero-order chi connectivity index (χ0) is 23.8. The van der Waals surface area contributed by atoms with Crippen LogP contribution in [0, 0.1) is 5.92 Å². The van der Waals surface area contributed by atoms with Gasteiger partial charge in [0, 0.05) is 18.1 Å². The molecular weight excluding hydrogens is 420 g/mol. The summed E-state index contributed by atoms with van der Waals surface area (Å²) in [7, 11) is 3.03. The van der Waals surface area contributed by atoms with Crippen LogP contribution in [0.3, 0.4) is 0 Å². The van der Waals surface area contributed by atoms with Crippen LogP contribution in [-0.4, -0.2) is 20.2 Å². The lowest BCUT2D eigenvalue weighted by atomic mass is 9.96. The van der Waals surface area contributed by atoms with Gasteiger partial charge in [0.25, 0.3) is 0 Å². The van der Waals surface area contributed by atoms with Crippen LogP contribution in [0.1, 0.15) is 51.5 Å². The molecule has 1 heterocycles. The molecule has 0 radical (unpaired) electrons. The minimum absolute atomic E-state index is 0.163. The van der Waals surface area contributed by atoms with Gasteiger partial charge in [-0.3, -0.25) is 9.59 Å². The van der Waals surface area contributed by atoms with Crippen LogP contribution in [0.2, 0.25) is 0 Å². The monoisotopic (exact) mass is 452 g/mol. The molecule has 1 unspecified atom stereocenters. The molecule has 33 heavy (non-hydrogen) atoms. The number of methoxy groups -OCH3 is 2. The van der Waals surface area contributed by atoms with Crippen molar-refractivity contribution >= 4 is 16.9 Å². The third-order valence-corrected chi connectivity index (χ3v) is 5.88. The molecule has 0 aliphatic carbocycles. The Morgan fingerprint density at radius 2 is 1.70 bits per heavy atom. The lowest BCUT2D eigenvalue weighted by Crippen LogP contribution is -2.11. The highest BCUT2D eigenvalue weighted by molar-refractivity contribution is 5.89. The third kappa shape index (κ3) is 5.95. The smallest absolute Gasteiger partial charge is 0.306 e. The third-order valence-electron chi connectivity index (χ3n) is 5.88. The number of hydrogen-bond donors (Lipinski definition) is 0. The number of hydrogen-bond acceptors (Lipinski definition) is 6. The molecule has 0 aliphatic heterocycles. The zero-order valence-electron chi connectivity index (χ0n) is 19.8. The average molecular weight is 453 g/mol. The Morgan fingerprint density at radius 1 is 1.00 bits per heavy atom. The molecule has 176 valence electrons. The fraction of sp³-hybridized carbons (Fsp3) is 0.407. The topological polar surface area (TPSA) is 75.0 Å². The quantitative estimate of drug-likeness (QED) is 0.326. The van der Waals surface area contributed by atoms with Crippen molar-refractivity contribution in [3.63, 3.8) is 0 Å². The van der Waals surface area contributed by atoms with E-state index in [1.807, 2.05) is 24.3 Å². The van der Waals surface area contributed by atoms with E-state index in [0.29, 0.717) is 40.6 Å². The van der Waals surface area contributed by atoms with Gasteiger partial charge in [-0.1, -0.05) is 57.4 Å². The van der Waals surface area contributed by atoms with Crippen molar-refractivity contribution in [1.29, 1.82) is 0 Å². The van der Waals surface area contributed by atoms with Gasteiger partial charge in [0.1, 0.15) is 23.5 Å². The summed E-state index contributed by atoms with van der Waals surface area (Å²) in [5.74, 6) is 1.53. The van der Waals surface area contributed by atoms with Crippen molar-refractivity contribution < 1.29 is 23.4 Å². The summed E-state index contributed by atoms with van der Waals surface area (Å²) in [6.07, 6.45) is 4.77. The lowest BCUT2D eigenvalue weighted by Gasteiger charge is -2.13. The van der Waals surface area contributed by atoms with E-state index in [0.717, 1.165) is 36.8 Å². The number of carbonyl (C=O) groups is 1. The normalized spacial score (nSPS) is 11.9. The number of fused-ring (bicyclic) bond motifs is 1. The van der Waals surface area contributed by atoms with Crippen molar-refractivity contribution in [2.75, 3.05) is 14.2 Å². The summed E-state index contributed by atoms with van der Waals surface area (Å²) in [6, 6.07) is 12.2. The molecule has 0 saturated heterocycles. The molecule has 0 N–H and O–H groups in total. The molecule has 0 bridgehead atoms. The van der Waals surface area contributed by atoms with Crippen molar-refractivity contribution in [1.82, 2.24) is 0 Å². The van der Waals surface area contributed by atoms with E-state index in [2.05, 4.69) is 13.8 Å². The van der Waals surface area contributed by atoms with E-state index >= 15 is 0 Å². The number of esters is 1. The van der Waals surface area contributed by atoms with Crippen molar-refractivity contribution in [3.05, 3.63) is 58.3 Å². The standard InChI is InChI=1S/C27H32O6/c1-5-7-8-18(6-2)15-25(29)32-17-19-9-11-20(12-10-19)24-16-21(28)26-22(30-3)13-14-23(31-4)27(26)33-24/h9-14,16,18H,5-8,15,17H2,1-4H3. The van der Waals surface area contributed by atoms with Crippen LogP contribution in [0.25, 0.3) is 22.3 Å². The molecular formula is C27H32O6. The van der Waals surface area contributed by atoms with E-state index in [9.17, 15) is 9.59 Å². The molecule has 0 aliphatic rings. The second-order valence-corrected chi connectivity index (χ2v) is 8.13. The number of unbranched alkanes of at least 4 members (excludes halogenated alkanes) is 1. The predicted octanol–water partition coefficient (Wildman–Crippen LogP) is 6.13. The Balaban J connectivity index is 1.73. The van der Waals surface area contributed by atoms with E-state index in [4.69, 9.17) is 18.6 Å². The summed E-state index contributed by atoms with van der Waals surface area (Å²) < 4.78 is 22.2. The minimum atomic E-state index is -0.214. The summed E-state index contributed by atoms with van der Waals surface area (Å²) in [4.78, 5) is 25.0. The Hall–Kier alpha value is -3.28. The summed E-state index contributed by atoms with van der Waals surface area (Å²) in [5.41, 5.74) is 1.73. The maximum Gasteiger partial charge on any atom is 0.306 e. The van der Waals surface area contributed by atoms with Gasteiger partial charge < -0.3 is 18.6 Å². The summed E-state index contributed by atoms with van der Waals surface area (Å²) in [5, 5.41) is 0.341. The summed E-state index contributed by atoms with van der Waals surface area (Å²) in [6.45, 7) is 4.49. The van der Waals surface area contributed by atoms with Gasteiger partial charge >= 0.3 is 5.97 Å². The zero-order valence-corrected chi connectivity index (χ0v) is 19.8. The number of benzene rings is 2. The Labute approximate surface area is 194 Å². The van der Waals surface area contributed by atoms with E-state index in [1.54, 1.807) is 12.1 Å². The molecule has 6 heteroatoms. The first-order valence-corrected chi connectivity index (χ1v) is 11.4. The van der Waals surface area contributed by atoms with Gasteiger partial charge in [-0.05, 0) is 30.0 Å². The molecule has 0 amide bonds. The maximum absolute atomic E-state index is 12.8. The molecule has 1 aromatic heterocycles. The van der Waals surface area contributed by atoms with Crippen molar-refractivity contribution in [2.45, 2.75) is 52.6 Å². The van der Waals surface area contributed by atoms with Gasteiger partial charge in [-0.25, -0.2) is 0 Å². The minimum Gasteiger partial charge on any atom is -0.496 e. The highest BCUT2D eigenvalue weighted by Gasteiger charge is 2.16. The van der Waals surface area contributed by atoms with E-state index in [-0.39, 0.29) is 18.0 Å². The van der Waals surface area contributed by atoms with E-state index in [1.165, 1.54) is 20.3 Å². The van der Waals surface area contributed by atoms with Gasteiger partial charge in [-0.15, -0.1) is 0 Å². The predicted molar refractivity (Wildman–Crippen MR) is 129 cm³/mol. The molecule has 6 nitrogen and oxygen atoms in total. The number of carbonyl (C=O) groups excluding carboxylic acids is 1. The number of ether oxygens (including phenoxy) is 3. The van der Waals surface area contributed by atoms with Crippen LogP contribution in [-0.2, 0) is 16.1 Å². The molecule has 0 spiro atoms.